The molecule has 0 radical (unpaired) electrons. The van der Waals surface area contributed by atoms with Gasteiger partial charge in [-0.15, -0.1) is 0 Å². The van der Waals surface area contributed by atoms with Crippen LogP contribution in [0.2, 0.25) is 5.02 Å². The van der Waals surface area contributed by atoms with Gasteiger partial charge in [-0.3, -0.25) is 18.9 Å². The minimum atomic E-state index is -0.140. The Bertz CT molecular complexity index is 1470. The molecule has 1 fully saturated rings. The number of carbonyl (C=O) groups is 1. The molecule has 5 rings (SSSR count). The van der Waals surface area contributed by atoms with Gasteiger partial charge in [0.15, 0.2) is 0 Å². The number of rotatable bonds is 7. The molecule has 1 aliphatic rings. The summed E-state index contributed by atoms with van der Waals surface area (Å²) < 4.78 is 9.03. The van der Waals surface area contributed by atoms with Gasteiger partial charge in [-0.25, -0.2) is 9.78 Å². The summed E-state index contributed by atoms with van der Waals surface area (Å²) in [7, 11) is 0. The first-order valence-corrected chi connectivity index (χ1v) is 13.0. The normalized spacial score (nSPS) is 17.6. The molecule has 1 amide bonds. The third-order valence-electron chi connectivity index (χ3n) is 7.03. The van der Waals surface area contributed by atoms with E-state index in [1.807, 2.05) is 41.8 Å². The molecule has 1 N–H and O–H groups in total. The van der Waals surface area contributed by atoms with Crippen LogP contribution in [-0.2, 0) is 6.54 Å². The molecule has 0 saturated heterocycles. The lowest BCUT2D eigenvalue weighted by atomic mass is 9.85. The fourth-order valence-electron chi connectivity index (χ4n) is 5.12. The molecule has 0 atom stereocenters. The first kappa shape index (κ1) is 25.0. The van der Waals surface area contributed by atoms with Crippen LogP contribution in [0.15, 0.2) is 59.7 Å². The number of benzene rings is 1. The van der Waals surface area contributed by atoms with Gasteiger partial charge in [-0.1, -0.05) is 23.7 Å². The molecule has 3 heterocycles. The van der Waals surface area contributed by atoms with E-state index in [4.69, 9.17) is 16.3 Å². The molecule has 9 heteroatoms. The second kappa shape index (κ2) is 10.8. The zero-order valence-corrected chi connectivity index (χ0v) is 21.7. The predicted molar refractivity (Wildman–Crippen MR) is 144 cm³/mol. The number of hydrogen-bond acceptors (Lipinski definition) is 5. The topological polar surface area (TPSA) is 91.0 Å². The van der Waals surface area contributed by atoms with E-state index in [0.29, 0.717) is 46.9 Å². The highest BCUT2D eigenvalue weighted by Crippen LogP contribution is 2.28. The molecule has 0 unspecified atom stereocenters. The quantitative estimate of drug-likeness (QED) is 0.374. The summed E-state index contributed by atoms with van der Waals surface area (Å²) in [4.78, 5) is 34.9. The molecule has 1 aromatic carbocycles. The summed E-state index contributed by atoms with van der Waals surface area (Å²) in [5.41, 5.74) is 3.56. The Labute approximate surface area is 220 Å². The van der Waals surface area contributed by atoms with Gasteiger partial charge in [-0.05, 0) is 69.7 Å². The van der Waals surface area contributed by atoms with Crippen molar-refractivity contribution in [2.24, 2.45) is 5.92 Å². The van der Waals surface area contributed by atoms with E-state index in [2.05, 4.69) is 15.3 Å². The van der Waals surface area contributed by atoms with Crippen LogP contribution >= 0.6 is 11.6 Å². The number of para-hydroxylation sites is 2. The van der Waals surface area contributed by atoms with E-state index in [-0.39, 0.29) is 17.6 Å². The van der Waals surface area contributed by atoms with Crippen molar-refractivity contribution >= 4 is 28.5 Å². The summed E-state index contributed by atoms with van der Waals surface area (Å²) in [6.07, 6.45) is 6.79. The molecule has 4 aromatic rings. The Morgan fingerprint density at radius 2 is 1.84 bits per heavy atom. The highest BCUT2D eigenvalue weighted by Gasteiger charge is 2.25. The van der Waals surface area contributed by atoms with Gasteiger partial charge in [0.05, 0.1) is 45.8 Å². The Morgan fingerprint density at radius 3 is 2.54 bits per heavy atom. The Balaban J connectivity index is 1.30. The van der Waals surface area contributed by atoms with Gasteiger partial charge < -0.3 is 10.1 Å². The van der Waals surface area contributed by atoms with Gasteiger partial charge in [0, 0.05) is 24.8 Å². The van der Waals surface area contributed by atoms with Crippen LogP contribution in [0.5, 0.6) is 5.88 Å². The molecule has 0 spiro atoms. The summed E-state index contributed by atoms with van der Waals surface area (Å²) in [6.45, 7) is 4.89. The molecule has 192 valence electrons. The average molecular weight is 520 g/mol. The SMILES string of the molecule is CCOc1ccc(-n2c(=O)n(C[C@H]3CC[C@H](NC(=O)c4cc(Cl)cnc4C)CC3)c3ccccc32)cn1. The monoisotopic (exact) mass is 519 g/mol. The number of fused-ring (bicyclic) bond motifs is 1. The van der Waals surface area contributed by atoms with E-state index in [9.17, 15) is 9.59 Å². The van der Waals surface area contributed by atoms with E-state index < -0.39 is 0 Å². The maximum absolute atomic E-state index is 13.6. The molecule has 1 aliphatic carbocycles. The number of amides is 1. The average Bonchev–Trinajstić information content (AvgIpc) is 3.18. The maximum atomic E-state index is 13.6. The minimum Gasteiger partial charge on any atom is -0.478 e. The molecule has 37 heavy (non-hydrogen) atoms. The second-order valence-corrected chi connectivity index (χ2v) is 9.92. The van der Waals surface area contributed by atoms with E-state index >= 15 is 0 Å². The van der Waals surface area contributed by atoms with Crippen LogP contribution in [-0.4, -0.2) is 37.7 Å². The van der Waals surface area contributed by atoms with Crippen molar-refractivity contribution in [2.45, 2.75) is 52.1 Å². The van der Waals surface area contributed by atoms with Crippen molar-refractivity contribution in [3.8, 4) is 11.6 Å². The number of nitrogens with zero attached hydrogens (tertiary/aromatic N) is 4. The van der Waals surface area contributed by atoms with Crippen LogP contribution < -0.4 is 15.7 Å². The molecule has 0 bridgehead atoms. The van der Waals surface area contributed by atoms with Gasteiger partial charge in [-0.2, -0.15) is 0 Å². The fourth-order valence-corrected chi connectivity index (χ4v) is 5.28. The van der Waals surface area contributed by atoms with Crippen molar-refractivity contribution in [1.82, 2.24) is 24.4 Å². The second-order valence-electron chi connectivity index (χ2n) is 9.48. The van der Waals surface area contributed by atoms with Crippen molar-refractivity contribution < 1.29 is 9.53 Å². The Hall–Kier alpha value is -3.65. The van der Waals surface area contributed by atoms with Crippen LogP contribution in [0.3, 0.4) is 0 Å². The van der Waals surface area contributed by atoms with E-state index in [1.54, 1.807) is 36.0 Å². The van der Waals surface area contributed by atoms with Crippen molar-refractivity contribution in [2.75, 3.05) is 6.61 Å². The smallest absolute Gasteiger partial charge is 0.333 e. The van der Waals surface area contributed by atoms with Crippen LogP contribution in [0, 0.1) is 12.8 Å². The largest absolute Gasteiger partial charge is 0.478 e. The maximum Gasteiger partial charge on any atom is 0.333 e. The molecular weight excluding hydrogens is 490 g/mol. The number of halogens is 1. The summed E-state index contributed by atoms with van der Waals surface area (Å²) in [5.74, 6) is 0.742. The lowest BCUT2D eigenvalue weighted by Gasteiger charge is -2.29. The summed E-state index contributed by atoms with van der Waals surface area (Å²) in [5, 5.41) is 3.59. The standard InChI is InChI=1S/C28H30ClN5O3/c1-3-37-26-13-12-22(16-31-26)34-25-7-5-4-6-24(25)33(28(34)36)17-19-8-10-21(11-9-19)32-27(35)23-14-20(29)15-30-18(23)2/h4-7,12-16,19,21H,3,8-11,17H2,1-2H3,(H,32,35)/t19-,21-. The van der Waals surface area contributed by atoms with Gasteiger partial charge in [0.2, 0.25) is 5.88 Å². The number of imidazole rings is 1. The Morgan fingerprint density at radius 1 is 1.08 bits per heavy atom. The highest BCUT2D eigenvalue weighted by atomic mass is 35.5. The van der Waals surface area contributed by atoms with Gasteiger partial charge >= 0.3 is 5.69 Å². The molecule has 3 aromatic heterocycles. The Kier molecular flexibility index (Phi) is 7.28. The number of carbonyl (C=O) groups excluding carboxylic acids is 1. The highest BCUT2D eigenvalue weighted by molar-refractivity contribution is 6.30. The molecule has 8 nitrogen and oxygen atoms in total. The number of pyridine rings is 2. The number of hydrogen-bond donors (Lipinski definition) is 1. The zero-order valence-electron chi connectivity index (χ0n) is 21.0. The summed E-state index contributed by atoms with van der Waals surface area (Å²) >= 11 is 6.03. The first-order valence-electron chi connectivity index (χ1n) is 12.7. The van der Waals surface area contributed by atoms with Crippen LogP contribution in [0.25, 0.3) is 16.7 Å². The molecular formula is C28H30ClN5O3. The molecule has 1 saturated carbocycles. The number of aryl methyl sites for hydroxylation is 1. The van der Waals surface area contributed by atoms with E-state index in [1.165, 1.54) is 0 Å². The summed E-state index contributed by atoms with van der Waals surface area (Å²) in [6, 6.07) is 13.2. The lowest BCUT2D eigenvalue weighted by molar-refractivity contribution is 0.0919. The lowest BCUT2D eigenvalue weighted by Crippen LogP contribution is -2.39. The van der Waals surface area contributed by atoms with Crippen LogP contribution in [0.4, 0.5) is 0 Å². The fraction of sp³-hybridized carbons (Fsp3) is 0.357. The predicted octanol–water partition coefficient (Wildman–Crippen LogP) is 4.93. The third-order valence-corrected chi connectivity index (χ3v) is 7.23. The molecule has 0 aliphatic heterocycles. The van der Waals surface area contributed by atoms with Crippen molar-refractivity contribution in [3.63, 3.8) is 0 Å². The van der Waals surface area contributed by atoms with Gasteiger partial charge in [0.1, 0.15) is 0 Å². The van der Waals surface area contributed by atoms with Crippen molar-refractivity contribution in [3.05, 3.63) is 81.6 Å². The third kappa shape index (κ3) is 5.25. The number of nitrogens with one attached hydrogen (secondary N) is 1. The van der Waals surface area contributed by atoms with Gasteiger partial charge in [0.25, 0.3) is 5.91 Å². The van der Waals surface area contributed by atoms with Crippen molar-refractivity contribution in [1.29, 1.82) is 0 Å². The first-order chi connectivity index (χ1) is 17.9. The van der Waals surface area contributed by atoms with Crippen LogP contribution in [0.1, 0.15) is 48.7 Å². The number of aromatic nitrogens is 4. The minimum absolute atomic E-state index is 0.0773. The number of ether oxygens (including phenoxy) is 1. The van der Waals surface area contributed by atoms with E-state index in [0.717, 1.165) is 36.7 Å². The zero-order chi connectivity index (χ0) is 25.9.